The summed E-state index contributed by atoms with van der Waals surface area (Å²) in [6.07, 6.45) is 1.85. The molecule has 0 bridgehead atoms. The van der Waals surface area contributed by atoms with E-state index in [1.165, 1.54) is 0 Å². The maximum atomic E-state index is 5.32. The van der Waals surface area contributed by atoms with Crippen LogP contribution in [0.5, 0.6) is 0 Å². The van der Waals surface area contributed by atoms with Gasteiger partial charge in [0.25, 0.3) is 0 Å². The minimum Gasteiger partial charge on any atom is -0.0898 e. The first-order chi connectivity index (χ1) is 2.27. The summed E-state index contributed by atoms with van der Waals surface area (Å²) in [4.78, 5) is 0. The Hall–Kier alpha value is 0.0300. The van der Waals surface area contributed by atoms with Crippen LogP contribution >= 0.6 is 11.6 Å². The fourth-order valence-corrected chi connectivity index (χ4v) is 0. The predicted molar refractivity (Wildman–Crippen MR) is 25.3 cm³/mol. The minimum absolute atomic E-state index is 0.852. The van der Waals surface area contributed by atoms with Gasteiger partial charge in [0, 0.05) is 5.03 Å². The van der Waals surface area contributed by atoms with E-state index in [9.17, 15) is 0 Å². The molecule has 0 heterocycles. The molecular weight excluding hydrogens is 83.5 g/mol. The fourth-order valence-electron chi connectivity index (χ4n) is 0. The largest absolute Gasteiger partial charge is 0.0898 e. The predicted octanol–water partition coefficient (Wildman–Crippen LogP) is 2.15. The molecule has 0 saturated heterocycles. The van der Waals surface area contributed by atoms with Crippen LogP contribution in [0.3, 0.4) is 0 Å². The van der Waals surface area contributed by atoms with Gasteiger partial charge in [-0.05, 0) is 13.8 Å². The molecule has 0 saturated carbocycles. The maximum Gasteiger partial charge on any atom is 0.0107 e. The van der Waals surface area contributed by atoms with Crippen molar-refractivity contribution in [1.82, 2.24) is 0 Å². The Balaban J connectivity index is 3.14. The van der Waals surface area contributed by atoms with Crippen molar-refractivity contribution >= 4 is 11.6 Å². The van der Waals surface area contributed by atoms with Crippen molar-refractivity contribution in [2.24, 2.45) is 0 Å². The SMILES string of the molecule is CC=C(C)Cl. The van der Waals surface area contributed by atoms with Crippen molar-refractivity contribution in [2.45, 2.75) is 13.8 Å². The van der Waals surface area contributed by atoms with Crippen molar-refractivity contribution in [2.75, 3.05) is 0 Å². The Kier molecular flexibility index (Phi) is 2.29. The number of halogens is 1. The zero-order valence-corrected chi connectivity index (χ0v) is 4.21. The van der Waals surface area contributed by atoms with E-state index < -0.39 is 0 Å². The lowest BCUT2D eigenvalue weighted by atomic mass is 10.6. The number of rotatable bonds is 0. The Morgan fingerprint density at radius 3 is 2.00 bits per heavy atom. The second-order valence-corrected chi connectivity index (χ2v) is 1.47. The number of hydrogen-bond acceptors (Lipinski definition) is 0. The third-order valence-corrected chi connectivity index (χ3v) is 0.616. The molecule has 0 unspecified atom stereocenters. The molecule has 0 aromatic rings. The van der Waals surface area contributed by atoms with Gasteiger partial charge in [-0.25, -0.2) is 0 Å². The normalized spacial score (nSPS) is 12.2. The lowest BCUT2D eigenvalue weighted by Crippen LogP contribution is -1.45. The standard InChI is InChI=1S/C4H7Cl/c1-3-4(2)5/h3H,1-2H3. The van der Waals surface area contributed by atoms with Gasteiger partial charge in [-0.15, -0.1) is 0 Å². The first-order valence-electron chi connectivity index (χ1n) is 1.56. The van der Waals surface area contributed by atoms with Crippen LogP contribution in [-0.2, 0) is 0 Å². The molecule has 0 N–H and O–H groups in total. The van der Waals surface area contributed by atoms with Gasteiger partial charge in [-0.1, -0.05) is 17.7 Å². The van der Waals surface area contributed by atoms with Crippen LogP contribution in [0.4, 0.5) is 0 Å². The molecule has 0 fully saturated rings. The third kappa shape index (κ3) is 4.03. The molecule has 0 radical (unpaired) electrons. The summed E-state index contributed by atoms with van der Waals surface area (Å²) in [6, 6.07) is 0. The Morgan fingerprint density at radius 1 is 1.80 bits per heavy atom. The van der Waals surface area contributed by atoms with E-state index >= 15 is 0 Å². The second kappa shape index (κ2) is 2.28. The second-order valence-electron chi connectivity index (χ2n) is 0.875. The number of allylic oxidation sites excluding steroid dienone is 2. The van der Waals surface area contributed by atoms with Gasteiger partial charge >= 0.3 is 0 Å². The van der Waals surface area contributed by atoms with E-state index in [0.29, 0.717) is 0 Å². The van der Waals surface area contributed by atoms with Gasteiger partial charge in [-0.2, -0.15) is 0 Å². The fraction of sp³-hybridized carbons (Fsp3) is 0.500. The average Bonchev–Trinajstić information content (AvgIpc) is 1.38. The molecule has 0 amide bonds. The lowest BCUT2D eigenvalue weighted by molar-refractivity contribution is 1.59. The van der Waals surface area contributed by atoms with E-state index in [1.807, 2.05) is 19.9 Å². The summed E-state index contributed by atoms with van der Waals surface area (Å²) < 4.78 is 0. The Morgan fingerprint density at radius 2 is 2.00 bits per heavy atom. The van der Waals surface area contributed by atoms with Crippen LogP contribution in [0.1, 0.15) is 13.8 Å². The first kappa shape index (κ1) is 5.03. The topological polar surface area (TPSA) is 0 Å². The van der Waals surface area contributed by atoms with Crippen molar-refractivity contribution in [3.63, 3.8) is 0 Å². The summed E-state index contributed by atoms with van der Waals surface area (Å²) in [7, 11) is 0. The monoisotopic (exact) mass is 90.0 g/mol. The highest BCUT2D eigenvalue weighted by Crippen LogP contribution is 1.93. The van der Waals surface area contributed by atoms with Gasteiger partial charge < -0.3 is 0 Å². The first-order valence-corrected chi connectivity index (χ1v) is 1.93. The van der Waals surface area contributed by atoms with Crippen molar-refractivity contribution in [1.29, 1.82) is 0 Å². The highest BCUT2D eigenvalue weighted by atomic mass is 35.5. The quantitative estimate of drug-likeness (QED) is 0.428. The molecule has 0 aliphatic rings. The molecule has 0 aromatic carbocycles. The van der Waals surface area contributed by atoms with Crippen LogP contribution in [0.2, 0.25) is 0 Å². The van der Waals surface area contributed by atoms with E-state index in [0.717, 1.165) is 5.03 Å². The summed E-state index contributed by atoms with van der Waals surface area (Å²) in [6.45, 7) is 3.75. The van der Waals surface area contributed by atoms with Crippen LogP contribution < -0.4 is 0 Å². The maximum absolute atomic E-state index is 5.32. The highest BCUT2D eigenvalue weighted by molar-refractivity contribution is 6.29. The summed E-state index contributed by atoms with van der Waals surface area (Å²) in [5, 5.41) is 0.852. The van der Waals surface area contributed by atoms with Crippen molar-refractivity contribution in [3.8, 4) is 0 Å². The van der Waals surface area contributed by atoms with Crippen LogP contribution in [0.15, 0.2) is 11.1 Å². The van der Waals surface area contributed by atoms with Crippen molar-refractivity contribution in [3.05, 3.63) is 11.1 Å². The van der Waals surface area contributed by atoms with Gasteiger partial charge in [0.05, 0.1) is 0 Å². The van der Waals surface area contributed by atoms with Gasteiger partial charge in [0.2, 0.25) is 0 Å². The Bertz CT molecular complexity index is 41.6. The molecule has 5 heavy (non-hydrogen) atoms. The van der Waals surface area contributed by atoms with E-state index in [1.54, 1.807) is 0 Å². The molecule has 30 valence electrons. The van der Waals surface area contributed by atoms with Crippen molar-refractivity contribution < 1.29 is 0 Å². The lowest BCUT2D eigenvalue weighted by Gasteiger charge is -1.70. The molecule has 0 aromatic heterocycles. The zero-order valence-electron chi connectivity index (χ0n) is 3.46. The molecule has 0 spiro atoms. The molecule has 0 atom stereocenters. The smallest absolute Gasteiger partial charge is 0.0107 e. The minimum atomic E-state index is 0.852. The van der Waals surface area contributed by atoms with E-state index in [4.69, 9.17) is 11.6 Å². The molecule has 1 heteroatoms. The molecule has 0 aliphatic heterocycles. The Labute approximate surface area is 37.4 Å². The van der Waals surface area contributed by atoms with Gasteiger partial charge in [-0.3, -0.25) is 0 Å². The molecular formula is C4H7Cl. The van der Waals surface area contributed by atoms with Crippen LogP contribution in [0, 0.1) is 0 Å². The summed E-state index contributed by atoms with van der Waals surface area (Å²) >= 11 is 5.32. The van der Waals surface area contributed by atoms with E-state index in [-0.39, 0.29) is 0 Å². The highest BCUT2D eigenvalue weighted by Gasteiger charge is 1.64. The van der Waals surface area contributed by atoms with Crippen LogP contribution in [-0.4, -0.2) is 0 Å². The number of hydrogen-bond donors (Lipinski definition) is 0. The molecule has 0 nitrogen and oxygen atoms in total. The van der Waals surface area contributed by atoms with Crippen LogP contribution in [0.25, 0.3) is 0 Å². The molecule has 0 rings (SSSR count). The average molecular weight is 90.6 g/mol. The van der Waals surface area contributed by atoms with Gasteiger partial charge in [0.1, 0.15) is 0 Å². The molecule has 0 aliphatic carbocycles. The zero-order chi connectivity index (χ0) is 4.28. The third-order valence-electron chi connectivity index (χ3n) is 0.398. The van der Waals surface area contributed by atoms with Gasteiger partial charge in [0.15, 0.2) is 0 Å². The van der Waals surface area contributed by atoms with E-state index in [2.05, 4.69) is 0 Å². The summed E-state index contributed by atoms with van der Waals surface area (Å²) in [5.74, 6) is 0. The summed E-state index contributed by atoms with van der Waals surface area (Å²) in [5.41, 5.74) is 0.